The summed E-state index contributed by atoms with van der Waals surface area (Å²) in [6.07, 6.45) is 6.53. The topological polar surface area (TPSA) is 138 Å². The molecule has 1 atom stereocenters. The minimum atomic E-state index is -0.605. The van der Waals surface area contributed by atoms with E-state index in [1.165, 1.54) is 12.6 Å². The minimum Gasteiger partial charge on any atom is -0.422 e. The van der Waals surface area contributed by atoms with E-state index in [-0.39, 0.29) is 17.6 Å². The zero-order chi connectivity index (χ0) is 21.7. The summed E-state index contributed by atoms with van der Waals surface area (Å²) < 4.78 is 9.14. The number of primary amides is 1. The van der Waals surface area contributed by atoms with E-state index in [1.54, 1.807) is 15.4 Å². The van der Waals surface area contributed by atoms with Crippen LogP contribution in [0.25, 0.3) is 5.69 Å². The van der Waals surface area contributed by atoms with Gasteiger partial charge in [-0.1, -0.05) is 18.6 Å². The molecule has 0 saturated heterocycles. The molecule has 1 aliphatic carbocycles. The Bertz CT molecular complexity index is 1260. The van der Waals surface area contributed by atoms with Gasteiger partial charge in [-0.15, -0.1) is 0 Å². The van der Waals surface area contributed by atoms with Gasteiger partial charge in [0.1, 0.15) is 11.6 Å². The van der Waals surface area contributed by atoms with Crippen LogP contribution in [0.3, 0.4) is 0 Å². The standard InChI is InChI=1S/C22H21N7O2/c1-28-22-17(18(27-28)13-3-2-4-13)16(15(11-23)20(25)31-22)12-5-7-14(8-6-12)29-10-9-26-21(29)19(24)30/h5-10,13,16H,2-4,25H2,1H3,(H2,24,30). The van der Waals surface area contributed by atoms with Crippen molar-refractivity contribution in [1.82, 2.24) is 19.3 Å². The zero-order valence-electron chi connectivity index (χ0n) is 16.9. The average Bonchev–Trinajstić information content (AvgIpc) is 3.32. The predicted octanol–water partition coefficient (Wildman–Crippen LogP) is 2.19. The van der Waals surface area contributed by atoms with Crippen molar-refractivity contribution < 1.29 is 9.53 Å². The Balaban J connectivity index is 1.62. The van der Waals surface area contributed by atoms with Crippen molar-refractivity contribution in [2.75, 3.05) is 0 Å². The molecule has 1 fully saturated rings. The van der Waals surface area contributed by atoms with Crippen LogP contribution in [0.1, 0.15) is 58.5 Å². The lowest BCUT2D eigenvalue weighted by Gasteiger charge is -2.29. The Hall–Kier alpha value is -4.06. The van der Waals surface area contributed by atoms with E-state index in [4.69, 9.17) is 21.3 Å². The summed E-state index contributed by atoms with van der Waals surface area (Å²) in [4.78, 5) is 15.6. The molecule has 31 heavy (non-hydrogen) atoms. The van der Waals surface area contributed by atoms with Gasteiger partial charge in [0.25, 0.3) is 5.91 Å². The number of rotatable bonds is 4. The van der Waals surface area contributed by atoms with Gasteiger partial charge in [0.2, 0.25) is 17.6 Å². The third kappa shape index (κ3) is 2.87. The summed E-state index contributed by atoms with van der Waals surface area (Å²) in [5, 5.41) is 14.6. The third-order valence-electron chi connectivity index (χ3n) is 6.09. The van der Waals surface area contributed by atoms with E-state index in [9.17, 15) is 10.1 Å². The van der Waals surface area contributed by atoms with Crippen LogP contribution in [0.2, 0.25) is 0 Å². The molecule has 1 aromatic carbocycles. The summed E-state index contributed by atoms with van der Waals surface area (Å²) >= 11 is 0. The molecule has 3 heterocycles. The van der Waals surface area contributed by atoms with Crippen LogP contribution >= 0.6 is 0 Å². The maximum Gasteiger partial charge on any atom is 0.285 e. The van der Waals surface area contributed by atoms with Crippen LogP contribution in [0.4, 0.5) is 0 Å². The maximum absolute atomic E-state index is 11.6. The Labute approximate surface area is 178 Å². The van der Waals surface area contributed by atoms with E-state index in [2.05, 4.69) is 11.1 Å². The van der Waals surface area contributed by atoms with Gasteiger partial charge in [0.15, 0.2) is 0 Å². The van der Waals surface area contributed by atoms with Gasteiger partial charge in [-0.3, -0.25) is 9.36 Å². The molecular weight excluding hydrogens is 394 g/mol. The number of amides is 1. The minimum absolute atomic E-state index is 0.0952. The lowest BCUT2D eigenvalue weighted by atomic mass is 9.76. The van der Waals surface area contributed by atoms with Crippen molar-refractivity contribution in [3.63, 3.8) is 0 Å². The molecule has 1 saturated carbocycles. The molecule has 1 unspecified atom stereocenters. The molecule has 0 radical (unpaired) electrons. The molecule has 3 aromatic rings. The van der Waals surface area contributed by atoms with Crippen molar-refractivity contribution in [1.29, 1.82) is 5.26 Å². The summed E-state index contributed by atoms with van der Waals surface area (Å²) in [5.41, 5.74) is 15.4. The van der Waals surface area contributed by atoms with Crippen LogP contribution in [-0.2, 0) is 7.05 Å². The highest BCUT2D eigenvalue weighted by atomic mass is 16.5. The van der Waals surface area contributed by atoms with Crippen molar-refractivity contribution >= 4 is 5.91 Å². The fourth-order valence-electron chi connectivity index (χ4n) is 4.34. The van der Waals surface area contributed by atoms with E-state index in [1.807, 2.05) is 31.3 Å². The molecule has 5 rings (SSSR count). The molecule has 9 heteroatoms. The number of carbonyl (C=O) groups excluding carboxylic acids is 1. The fourth-order valence-corrected chi connectivity index (χ4v) is 4.34. The molecule has 9 nitrogen and oxygen atoms in total. The Morgan fingerprint density at radius 2 is 2.03 bits per heavy atom. The summed E-state index contributed by atoms with van der Waals surface area (Å²) in [6.45, 7) is 0. The number of benzene rings is 1. The van der Waals surface area contributed by atoms with Crippen molar-refractivity contribution in [3.8, 4) is 17.6 Å². The van der Waals surface area contributed by atoms with Crippen molar-refractivity contribution in [2.45, 2.75) is 31.1 Å². The highest BCUT2D eigenvalue weighted by Gasteiger charge is 2.39. The van der Waals surface area contributed by atoms with Crippen molar-refractivity contribution in [2.24, 2.45) is 18.5 Å². The molecule has 1 aliphatic heterocycles. The number of nitrogens with two attached hydrogens (primary N) is 2. The average molecular weight is 415 g/mol. The molecule has 2 aliphatic rings. The van der Waals surface area contributed by atoms with Gasteiger partial charge in [0.05, 0.1) is 17.2 Å². The van der Waals surface area contributed by atoms with E-state index < -0.39 is 5.91 Å². The Morgan fingerprint density at radius 3 is 2.65 bits per heavy atom. The lowest BCUT2D eigenvalue weighted by Crippen LogP contribution is -2.23. The highest BCUT2D eigenvalue weighted by Crippen LogP contribution is 2.48. The second kappa shape index (κ2) is 7.02. The quantitative estimate of drug-likeness (QED) is 0.670. The van der Waals surface area contributed by atoms with Crippen LogP contribution in [0, 0.1) is 11.3 Å². The number of carbonyl (C=O) groups is 1. The first-order valence-corrected chi connectivity index (χ1v) is 10.1. The van der Waals surface area contributed by atoms with E-state index >= 15 is 0 Å². The molecule has 2 aromatic heterocycles. The lowest BCUT2D eigenvalue weighted by molar-refractivity contribution is 0.0989. The summed E-state index contributed by atoms with van der Waals surface area (Å²) in [5.74, 6) is 0.221. The number of aromatic nitrogens is 4. The van der Waals surface area contributed by atoms with Gasteiger partial charge < -0.3 is 16.2 Å². The summed E-state index contributed by atoms with van der Waals surface area (Å²) in [7, 11) is 1.83. The first kappa shape index (κ1) is 18.9. The normalized spacial score (nSPS) is 18.1. The van der Waals surface area contributed by atoms with Crippen LogP contribution < -0.4 is 16.2 Å². The molecule has 1 amide bonds. The van der Waals surface area contributed by atoms with Crippen LogP contribution in [0.5, 0.6) is 5.88 Å². The largest absolute Gasteiger partial charge is 0.422 e. The smallest absolute Gasteiger partial charge is 0.285 e. The third-order valence-corrected chi connectivity index (χ3v) is 6.09. The number of imidazole rings is 1. The molecule has 4 N–H and O–H groups in total. The number of aryl methyl sites for hydroxylation is 1. The monoisotopic (exact) mass is 415 g/mol. The van der Waals surface area contributed by atoms with E-state index in [0.717, 1.165) is 35.3 Å². The SMILES string of the molecule is Cn1nc(C2CCC2)c2c1OC(N)=C(C#N)C2c1ccc(-n2ccnc2C(N)=O)cc1. The van der Waals surface area contributed by atoms with Gasteiger partial charge in [-0.25, -0.2) is 9.67 Å². The number of hydrogen-bond acceptors (Lipinski definition) is 6. The number of hydrogen-bond donors (Lipinski definition) is 2. The van der Waals surface area contributed by atoms with Gasteiger partial charge in [-0.2, -0.15) is 10.4 Å². The number of nitriles is 1. The second-order valence-electron chi connectivity index (χ2n) is 7.86. The first-order valence-electron chi connectivity index (χ1n) is 10.1. The van der Waals surface area contributed by atoms with Crippen LogP contribution in [0.15, 0.2) is 48.1 Å². The molecular formula is C22H21N7O2. The predicted molar refractivity (Wildman–Crippen MR) is 111 cm³/mol. The van der Waals surface area contributed by atoms with Crippen molar-refractivity contribution in [3.05, 3.63) is 70.8 Å². The fraction of sp³-hybridized carbons (Fsp3) is 0.273. The first-order chi connectivity index (χ1) is 15.0. The number of allylic oxidation sites excluding steroid dienone is 1. The molecule has 156 valence electrons. The highest BCUT2D eigenvalue weighted by molar-refractivity contribution is 5.89. The molecule has 0 bridgehead atoms. The summed E-state index contributed by atoms with van der Waals surface area (Å²) in [6, 6.07) is 9.80. The van der Waals surface area contributed by atoms with E-state index in [0.29, 0.717) is 17.4 Å². The Kier molecular flexibility index (Phi) is 4.29. The van der Waals surface area contributed by atoms with Crippen LogP contribution in [-0.4, -0.2) is 25.2 Å². The van der Waals surface area contributed by atoms with Gasteiger partial charge >= 0.3 is 0 Å². The second-order valence-corrected chi connectivity index (χ2v) is 7.86. The number of ether oxygens (including phenoxy) is 1. The van der Waals surface area contributed by atoms with Gasteiger partial charge in [0, 0.05) is 31.0 Å². The number of fused-ring (bicyclic) bond motifs is 1. The maximum atomic E-state index is 11.6. The van der Waals surface area contributed by atoms with Gasteiger partial charge in [-0.05, 0) is 30.5 Å². The number of nitrogens with zero attached hydrogens (tertiary/aromatic N) is 5. The zero-order valence-corrected chi connectivity index (χ0v) is 16.9. The molecule has 0 spiro atoms. The Morgan fingerprint density at radius 1 is 1.29 bits per heavy atom.